The Bertz CT molecular complexity index is 663. The van der Waals surface area contributed by atoms with E-state index >= 15 is 0 Å². The maximum atomic E-state index is 12.9. The topological polar surface area (TPSA) is 94.1 Å². The van der Waals surface area contributed by atoms with Crippen molar-refractivity contribution in [3.63, 3.8) is 0 Å². The Morgan fingerprint density at radius 3 is 2.28 bits per heavy atom. The first kappa shape index (κ1) is 20.3. The summed E-state index contributed by atoms with van der Waals surface area (Å²) in [6.45, 7) is 6.57. The summed E-state index contributed by atoms with van der Waals surface area (Å²) in [5.41, 5.74) is 1.15. The Morgan fingerprint density at radius 2 is 1.76 bits per heavy atom. The van der Waals surface area contributed by atoms with Gasteiger partial charge in [0.25, 0.3) is 0 Å². The predicted octanol–water partition coefficient (Wildman–Crippen LogP) is 2.38. The van der Waals surface area contributed by atoms with E-state index in [-0.39, 0.29) is 13.0 Å². The molecule has 0 fully saturated rings. The van der Waals surface area contributed by atoms with Gasteiger partial charge in [0.05, 0.1) is 6.61 Å². The van der Waals surface area contributed by atoms with Crippen LogP contribution < -0.4 is 5.43 Å². The molecule has 25 heavy (non-hydrogen) atoms. The van der Waals surface area contributed by atoms with Crippen molar-refractivity contribution in [1.29, 1.82) is 0 Å². The molecular formula is C17H21FN2O5. The number of esters is 1. The Hall–Kier alpha value is -2.77. The molecule has 1 N–H and O–H groups in total. The van der Waals surface area contributed by atoms with E-state index in [0.29, 0.717) is 5.56 Å². The summed E-state index contributed by atoms with van der Waals surface area (Å²) in [5, 5.41) is 3.53. The first-order chi connectivity index (χ1) is 11.6. The molecule has 0 aliphatic carbocycles. The molecule has 0 heterocycles. The number of ketones is 1. The largest absolute Gasteiger partial charge is 0.461 e. The van der Waals surface area contributed by atoms with E-state index < -0.39 is 35.0 Å². The third-order valence-electron chi connectivity index (χ3n) is 2.67. The third-order valence-corrected chi connectivity index (χ3v) is 2.67. The molecular weight excluding hydrogens is 331 g/mol. The minimum atomic E-state index is -0.967. The van der Waals surface area contributed by atoms with Crippen LogP contribution in [0, 0.1) is 5.82 Å². The molecule has 0 spiro atoms. The maximum absolute atomic E-state index is 12.9. The van der Waals surface area contributed by atoms with Gasteiger partial charge in [-0.1, -0.05) is 12.1 Å². The lowest BCUT2D eigenvalue weighted by atomic mass is 10.1. The number of benzene rings is 1. The molecule has 7 nitrogen and oxygen atoms in total. The van der Waals surface area contributed by atoms with Gasteiger partial charge < -0.3 is 9.47 Å². The average molecular weight is 352 g/mol. The zero-order valence-electron chi connectivity index (χ0n) is 14.6. The lowest BCUT2D eigenvalue weighted by Crippen LogP contribution is -2.34. The molecule has 8 heteroatoms. The van der Waals surface area contributed by atoms with E-state index in [2.05, 4.69) is 5.10 Å². The Labute approximate surface area is 145 Å². The summed E-state index contributed by atoms with van der Waals surface area (Å²) in [7, 11) is 0. The molecule has 1 aromatic carbocycles. The van der Waals surface area contributed by atoms with Crippen LogP contribution in [0.2, 0.25) is 0 Å². The molecule has 1 aromatic rings. The number of carbonyl (C=O) groups is 3. The van der Waals surface area contributed by atoms with Crippen molar-refractivity contribution >= 4 is 23.6 Å². The average Bonchev–Trinajstić information content (AvgIpc) is 2.48. The van der Waals surface area contributed by atoms with Crippen molar-refractivity contribution < 1.29 is 28.2 Å². The quantitative estimate of drug-likeness (QED) is 0.367. The zero-order chi connectivity index (χ0) is 19.0. The Morgan fingerprint density at radius 1 is 1.16 bits per heavy atom. The molecule has 0 bridgehead atoms. The van der Waals surface area contributed by atoms with Crippen LogP contribution in [0.1, 0.15) is 33.3 Å². The number of nitrogens with one attached hydrogen (secondary N) is 1. The van der Waals surface area contributed by atoms with Crippen molar-refractivity contribution in [1.82, 2.24) is 5.43 Å². The van der Waals surface area contributed by atoms with E-state index in [1.54, 1.807) is 27.7 Å². The highest BCUT2D eigenvalue weighted by Crippen LogP contribution is 2.07. The van der Waals surface area contributed by atoms with Gasteiger partial charge >= 0.3 is 12.1 Å². The molecule has 0 atom stereocenters. The molecule has 136 valence electrons. The second kappa shape index (κ2) is 8.91. The summed E-state index contributed by atoms with van der Waals surface area (Å²) < 4.78 is 22.7. The fraction of sp³-hybridized carbons (Fsp3) is 0.412. The van der Waals surface area contributed by atoms with Gasteiger partial charge in [0.1, 0.15) is 11.4 Å². The van der Waals surface area contributed by atoms with Crippen molar-refractivity contribution in [3.8, 4) is 0 Å². The molecule has 0 radical (unpaired) electrons. The van der Waals surface area contributed by atoms with Gasteiger partial charge in [-0.05, 0) is 45.4 Å². The highest BCUT2D eigenvalue weighted by atomic mass is 19.1. The summed E-state index contributed by atoms with van der Waals surface area (Å²) >= 11 is 0. The van der Waals surface area contributed by atoms with Crippen molar-refractivity contribution in [2.45, 2.75) is 39.7 Å². The van der Waals surface area contributed by atoms with Gasteiger partial charge in [-0.25, -0.2) is 19.4 Å². The van der Waals surface area contributed by atoms with Gasteiger partial charge in [0.2, 0.25) is 5.71 Å². The van der Waals surface area contributed by atoms with Crippen molar-refractivity contribution in [2.24, 2.45) is 5.10 Å². The number of carbonyl (C=O) groups excluding carboxylic acids is 3. The number of amides is 1. The molecule has 0 saturated heterocycles. The smallest absolute Gasteiger partial charge is 0.428 e. The molecule has 0 aliphatic heterocycles. The predicted molar refractivity (Wildman–Crippen MR) is 88.5 cm³/mol. The fourth-order valence-corrected chi connectivity index (χ4v) is 1.70. The first-order valence-corrected chi connectivity index (χ1v) is 7.64. The van der Waals surface area contributed by atoms with E-state index in [1.807, 2.05) is 5.43 Å². The van der Waals surface area contributed by atoms with Crippen LogP contribution >= 0.6 is 0 Å². The van der Waals surface area contributed by atoms with Crippen LogP contribution in [0.3, 0.4) is 0 Å². The van der Waals surface area contributed by atoms with Crippen LogP contribution in [0.15, 0.2) is 29.4 Å². The van der Waals surface area contributed by atoms with E-state index in [1.165, 1.54) is 24.3 Å². The van der Waals surface area contributed by atoms with Crippen LogP contribution in [0.5, 0.6) is 0 Å². The minimum absolute atomic E-state index is 0.0358. The van der Waals surface area contributed by atoms with Crippen molar-refractivity contribution in [3.05, 3.63) is 35.6 Å². The second-order valence-corrected chi connectivity index (χ2v) is 6.02. The normalized spacial score (nSPS) is 11.6. The number of hydrogen-bond donors (Lipinski definition) is 1. The van der Waals surface area contributed by atoms with E-state index in [0.717, 1.165) is 0 Å². The Kier molecular flexibility index (Phi) is 7.22. The number of halogens is 1. The number of ether oxygens (including phenoxy) is 2. The van der Waals surface area contributed by atoms with Crippen LogP contribution in [-0.2, 0) is 25.5 Å². The highest BCUT2D eigenvalue weighted by molar-refractivity contribution is 6.64. The molecule has 0 saturated carbocycles. The molecule has 0 aromatic heterocycles. The van der Waals surface area contributed by atoms with E-state index in [4.69, 9.17) is 9.47 Å². The molecule has 0 unspecified atom stereocenters. The van der Waals surface area contributed by atoms with Gasteiger partial charge in [0.15, 0.2) is 5.78 Å². The SMILES string of the molecule is CCOC(=O)/C(=N/NC(=O)OC(C)(C)C)C(=O)Cc1ccc(F)cc1. The lowest BCUT2D eigenvalue weighted by Gasteiger charge is -2.18. The van der Waals surface area contributed by atoms with Gasteiger partial charge in [0, 0.05) is 6.42 Å². The van der Waals surface area contributed by atoms with Crippen LogP contribution in [0.4, 0.5) is 9.18 Å². The Balaban J connectivity index is 2.89. The lowest BCUT2D eigenvalue weighted by molar-refractivity contribution is -0.135. The van der Waals surface area contributed by atoms with Gasteiger partial charge in [-0.15, -0.1) is 0 Å². The minimum Gasteiger partial charge on any atom is -0.461 e. The fourth-order valence-electron chi connectivity index (χ4n) is 1.70. The third kappa shape index (κ3) is 7.56. The zero-order valence-corrected chi connectivity index (χ0v) is 14.6. The molecule has 1 amide bonds. The summed E-state index contributed by atoms with van der Waals surface area (Å²) in [6.07, 6.45) is -1.11. The maximum Gasteiger partial charge on any atom is 0.428 e. The van der Waals surface area contributed by atoms with Crippen LogP contribution in [0.25, 0.3) is 0 Å². The summed E-state index contributed by atoms with van der Waals surface area (Å²) in [6, 6.07) is 5.22. The summed E-state index contributed by atoms with van der Waals surface area (Å²) in [4.78, 5) is 35.8. The molecule has 0 aliphatic rings. The van der Waals surface area contributed by atoms with E-state index in [9.17, 15) is 18.8 Å². The van der Waals surface area contributed by atoms with Gasteiger partial charge in [-0.3, -0.25) is 4.79 Å². The van der Waals surface area contributed by atoms with Gasteiger partial charge in [-0.2, -0.15) is 5.10 Å². The number of rotatable bonds is 6. The molecule has 1 rings (SSSR count). The monoisotopic (exact) mass is 352 g/mol. The number of hydrogen-bond acceptors (Lipinski definition) is 6. The summed E-state index contributed by atoms with van der Waals surface area (Å²) in [5.74, 6) is -2.09. The second-order valence-electron chi connectivity index (χ2n) is 6.02. The standard InChI is InChI=1S/C17H21FN2O5/c1-5-24-15(22)14(19-20-16(23)25-17(2,3)4)13(21)10-11-6-8-12(18)9-7-11/h6-9H,5,10H2,1-4H3,(H,20,23)/b19-14+. The first-order valence-electron chi connectivity index (χ1n) is 7.64. The van der Waals surface area contributed by atoms with Crippen molar-refractivity contribution in [2.75, 3.05) is 6.61 Å². The number of hydrazone groups is 1. The number of Topliss-reactive ketones (excluding diaryl/α,β-unsaturated/α-hetero) is 1. The van der Waals surface area contributed by atoms with Crippen LogP contribution in [-0.4, -0.2) is 35.8 Å². The number of nitrogens with zero attached hydrogens (tertiary/aromatic N) is 1. The highest BCUT2D eigenvalue weighted by Gasteiger charge is 2.23.